The Hall–Kier alpha value is -2.90. The highest BCUT2D eigenvalue weighted by molar-refractivity contribution is 5.98. The lowest BCUT2D eigenvalue weighted by atomic mass is 10.0. The van der Waals surface area contributed by atoms with Crippen molar-refractivity contribution in [2.75, 3.05) is 11.9 Å². The molecular weight excluding hydrogens is 325 g/mol. The highest BCUT2D eigenvalue weighted by atomic mass is 19.4. The Balaban J connectivity index is 2.29. The number of carbonyl (C=O) groups is 2. The molecule has 0 unspecified atom stereocenters. The first-order valence-electron chi connectivity index (χ1n) is 6.92. The van der Waals surface area contributed by atoms with Gasteiger partial charge in [0.2, 0.25) is 0 Å². The van der Waals surface area contributed by atoms with Crippen LogP contribution in [0, 0.1) is 0 Å². The van der Waals surface area contributed by atoms with E-state index in [-0.39, 0.29) is 12.3 Å². The van der Waals surface area contributed by atoms with Crippen molar-refractivity contribution >= 4 is 17.6 Å². The van der Waals surface area contributed by atoms with E-state index in [4.69, 9.17) is 4.74 Å². The SMILES string of the molecule is CCOC(=O)c1ccc(-c2ccncc2NC(=O)C(F)(F)F)cc1. The van der Waals surface area contributed by atoms with Gasteiger partial charge in [-0.2, -0.15) is 13.2 Å². The highest BCUT2D eigenvalue weighted by Crippen LogP contribution is 2.29. The maximum Gasteiger partial charge on any atom is 0.471 e. The van der Waals surface area contributed by atoms with Gasteiger partial charge >= 0.3 is 18.1 Å². The summed E-state index contributed by atoms with van der Waals surface area (Å²) in [7, 11) is 0. The molecule has 2 rings (SSSR count). The van der Waals surface area contributed by atoms with E-state index in [0.717, 1.165) is 6.20 Å². The maximum absolute atomic E-state index is 12.4. The quantitative estimate of drug-likeness (QED) is 0.867. The van der Waals surface area contributed by atoms with Crippen LogP contribution < -0.4 is 5.32 Å². The molecule has 1 heterocycles. The molecule has 0 aliphatic rings. The Morgan fingerprint density at radius 1 is 1.17 bits per heavy atom. The highest BCUT2D eigenvalue weighted by Gasteiger charge is 2.39. The van der Waals surface area contributed by atoms with Gasteiger partial charge < -0.3 is 10.1 Å². The molecule has 0 fully saturated rings. The summed E-state index contributed by atoms with van der Waals surface area (Å²) in [6.07, 6.45) is -2.49. The third-order valence-electron chi connectivity index (χ3n) is 3.03. The van der Waals surface area contributed by atoms with Crippen LogP contribution in [-0.4, -0.2) is 29.6 Å². The maximum atomic E-state index is 12.4. The monoisotopic (exact) mass is 338 g/mol. The van der Waals surface area contributed by atoms with Gasteiger partial charge in [-0.15, -0.1) is 0 Å². The molecule has 1 amide bonds. The standard InChI is InChI=1S/C16H13F3N2O3/c1-2-24-14(22)11-5-3-10(4-6-11)12-7-8-20-9-13(12)21-15(23)16(17,18)19/h3-9H,2H2,1H3,(H,21,23). The molecule has 2 aromatic rings. The zero-order valence-electron chi connectivity index (χ0n) is 12.6. The first-order chi connectivity index (χ1) is 11.3. The first kappa shape index (κ1) is 17.5. The number of carbonyl (C=O) groups excluding carboxylic acids is 2. The Morgan fingerprint density at radius 2 is 1.83 bits per heavy atom. The molecule has 0 atom stereocenters. The van der Waals surface area contributed by atoms with Gasteiger partial charge in [-0.05, 0) is 30.7 Å². The number of aromatic nitrogens is 1. The summed E-state index contributed by atoms with van der Waals surface area (Å²) in [4.78, 5) is 26.4. The number of esters is 1. The van der Waals surface area contributed by atoms with E-state index in [1.807, 2.05) is 0 Å². The summed E-state index contributed by atoms with van der Waals surface area (Å²) < 4.78 is 42.1. The van der Waals surface area contributed by atoms with Crippen LogP contribution in [0.4, 0.5) is 18.9 Å². The number of nitrogens with zero attached hydrogens (tertiary/aromatic N) is 1. The van der Waals surface area contributed by atoms with Gasteiger partial charge in [-0.1, -0.05) is 12.1 Å². The normalized spacial score (nSPS) is 11.0. The van der Waals surface area contributed by atoms with Crippen molar-refractivity contribution in [3.63, 3.8) is 0 Å². The largest absolute Gasteiger partial charge is 0.471 e. The summed E-state index contributed by atoms with van der Waals surface area (Å²) in [6, 6.07) is 7.53. The van der Waals surface area contributed by atoms with Crippen molar-refractivity contribution < 1.29 is 27.5 Å². The van der Waals surface area contributed by atoms with Crippen LogP contribution in [0.25, 0.3) is 11.1 Å². The smallest absolute Gasteiger partial charge is 0.462 e. The lowest BCUT2D eigenvalue weighted by Crippen LogP contribution is -2.30. The van der Waals surface area contributed by atoms with Crippen LogP contribution >= 0.6 is 0 Å². The number of rotatable bonds is 4. The molecule has 8 heteroatoms. The van der Waals surface area contributed by atoms with Crippen molar-refractivity contribution in [1.82, 2.24) is 4.98 Å². The van der Waals surface area contributed by atoms with E-state index in [2.05, 4.69) is 4.98 Å². The number of halogens is 3. The topological polar surface area (TPSA) is 68.3 Å². The van der Waals surface area contributed by atoms with Gasteiger partial charge in [0, 0.05) is 11.8 Å². The fraction of sp³-hybridized carbons (Fsp3) is 0.188. The van der Waals surface area contributed by atoms with Crippen LogP contribution in [-0.2, 0) is 9.53 Å². The molecule has 1 aromatic carbocycles. The van der Waals surface area contributed by atoms with Crippen LogP contribution in [0.2, 0.25) is 0 Å². The minimum Gasteiger partial charge on any atom is -0.462 e. The van der Waals surface area contributed by atoms with Crippen molar-refractivity contribution in [2.24, 2.45) is 0 Å². The summed E-state index contributed by atoms with van der Waals surface area (Å²) in [5, 5.41) is 1.79. The predicted molar refractivity (Wildman–Crippen MR) is 80.3 cm³/mol. The second kappa shape index (κ2) is 7.12. The number of pyridine rings is 1. The molecule has 0 aliphatic carbocycles. The molecule has 0 saturated heterocycles. The zero-order valence-corrected chi connectivity index (χ0v) is 12.6. The molecule has 0 spiro atoms. The molecule has 1 aromatic heterocycles. The summed E-state index contributed by atoms with van der Waals surface area (Å²) in [6.45, 7) is 1.91. The van der Waals surface area contributed by atoms with Gasteiger partial charge in [-0.3, -0.25) is 9.78 Å². The average molecular weight is 338 g/mol. The number of hydrogen-bond donors (Lipinski definition) is 1. The number of benzene rings is 1. The Bertz CT molecular complexity index is 743. The number of alkyl halides is 3. The predicted octanol–water partition coefficient (Wildman–Crippen LogP) is 3.43. The van der Waals surface area contributed by atoms with E-state index in [9.17, 15) is 22.8 Å². The lowest BCUT2D eigenvalue weighted by Gasteiger charge is -2.12. The number of anilines is 1. The van der Waals surface area contributed by atoms with Gasteiger partial charge in [0.05, 0.1) is 24.1 Å². The lowest BCUT2D eigenvalue weighted by molar-refractivity contribution is -0.167. The van der Waals surface area contributed by atoms with Gasteiger partial charge in [0.1, 0.15) is 0 Å². The molecule has 0 aliphatic heterocycles. The number of amides is 1. The minimum atomic E-state index is -5.00. The van der Waals surface area contributed by atoms with Crippen molar-refractivity contribution in [3.8, 4) is 11.1 Å². The molecule has 5 nitrogen and oxygen atoms in total. The second-order valence-corrected chi connectivity index (χ2v) is 4.67. The number of ether oxygens (including phenoxy) is 1. The molecule has 0 radical (unpaired) electrons. The molecule has 126 valence electrons. The Labute approximate surface area is 135 Å². The molecule has 1 N–H and O–H groups in total. The van der Waals surface area contributed by atoms with E-state index >= 15 is 0 Å². The van der Waals surface area contributed by atoms with E-state index < -0.39 is 18.1 Å². The van der Waals surface area contributed by atoms with Crippen LogP contribution in [0.3, 0.4) is 0 Å². The Morgan fingerprint density at radius 3 is 2.42 bits per heavy atom. The van der Waals surface area contributed by atoms with E-state index in [1.165, 1.54) is 24.4 Å². The molecule has 0 saturated carbocycles. The summed E-state index contributed by atoms with van der Waals surface area (Å²) in [5.74, 6) is -2.58. The first-order valence-corrected chi connectivity index (χ1v) is 6.92. The van der Waals surface area contributed by atoms with Gasteiger partial charge in [0.15, 0.2) is 0 Å². The summed E-state index contributed by atoms with van der Waals surface area (Å²) >= 11 is 0. The average Bonchev–Trinajstić information content (AvgIpc) is 2.55. The van der Waals surface area contributed by atoms with Crippen molar-refractivity contribution in [1.29, 1.82) is 0 Å². The number of nitrogens with one attached hydrogen (secondary N) is 1. The molecule has 24 heavy (non-hydrogen) atoms. The third-order valence-corrected chi connectivity index (χ3v) is 3.03. The van der Waals surface area contributed by atoms with Crippen LogP contribution in [0.1, 0.15) is 17.3 Å². The fourth-order valence-electron chi connectivity index (χ4n) is 1.94. The second-order valence-electron chi connectivity index (χ2n) is 4.67. The van der Waals surface area contributed by atoms with Crippen LogP contribution in [0.5, 0.6) is 0 Å². The third kappa shape index (κ3) is 4.09. The van der Waals surface area contributed by atoms with Gasteiger partial charge in [-0.25, -0.2) is 4.79 Å². The van der Waals surface area contributed by atoms with Crippen molar-refractivity contribution in [3.05, 3.63) is 48.3 Å². The zero-order chi connectivity index (χ0) is 17.7. The summed E-state index contributed by atoms with van der Waals surface area (Å²) in [5.41, 5.74) is 1.10. The fourth-order valence-corrected chi connectivity index (χ4v) is 1.94. The van der Waals surface area contributed by atoms with Crippen LogP contribution in [0.15, 0.2) is 42.7 Å². The molecule has 0 bridgehead atoms. The number of hydrogen-bond acceptors (Lipinski definition) is 4. The van der Waals surface area contributed by atoms with E-state index in [1.54, 1.807) is 24.4 Å². The van der Waals surface area contributed by atoms with Gasteiger partial charge in [0.25, 0.3) is 0 Å². The van der Waals surface area contributed by atoms with Crippen molar-refractivity contribution in [2.45, 2.75) is 13.1 Å². The van der Waals surface area contributed by atoms with E-state index in [0.29, 0.717) is 16.7 Å². The molecular formula is C16H13F3N2O3. The minimum absolute atomic E-state index is 0.0799. The Kier molecular flexibility index (Phi) is 5.18.